The van der Waals surface area contributed by atoms with E-state index in [0.29, 0.717) is 16.8 Å². The third kappa shape index (κ3) is 6.29. The highest BCUT2D eigenvalue weighted by Crippen LogP contribution is 2.35. The highest BCUT2D eigenvalue weighted by atomic mass is 19.4. The molecular formula is C33H28F3N3O4. The molecule has 1 aromatic heterocycles. The monoisotopic (exact) mass is 587 g/mol. The van der Waals surface area contributed by atoms with Gasteiger partial charge in [0.05, 0.1) is 42.6 Å². The van der Waals surface area contributed by atoms with Crippen LogP contribution >= 0.6 is 0 Å². The fraction of sp³-hybridized carbons (Fsp3) is 0.182. The number of halogens is 3. The number of rotatable bonds is 9. The van der Waals surface area contributed by atoms with Crippen molar-refractivity contribution in [2.45, 2.75) is 31.6 Å². The van der Waals surface area contributed by atoms with Gasteiger partial charge in [-0.2, -0.15) is 18.3 Å². The number of carboxylic acid groups (broad SMARTS) is 1. The van der Waals surface area contributed by atoms with Gasteiger partial charge in [-0.3, -0.25) is 14.3 Å². The molecule has 4 aromatic carbocycles. The fourth-order valence-electron chi connectivity index (χ4n) is 4.95. The normalized spacial score (nSPS) is 13.1. The number of fused-ring (bicyclic) bond motifs is 1. The number of methoxy groups -OCH3 is 1. The van der Waals surface area contributed by atoms with Crippen LogP contribution in [0.3, 0.4) is 0 Å². The Morgan fingerprint density at radius 2 is 1.53 bits per heavy atom. The van der Waals surface area contributed by atoms with Crippen LogP contribution in [0.2, 0.25) is 0 Å². The first-order valence-corrected chi connectivity index (χ1v) is 13.4. The maximum Gasteiger partial charge on any atom is 0.416 e. The van der Waals surface area contributed by atoms with Gasteiger partial charge >= 0.3 is 12.1 Å². The SMILES string of the molecule is COc1ccc2cc(-c3cc(-c4ccc(C(F)(F)F)cc4)nn3C(C)c3ccc(C(=O)C(N)CC(=O)O)cc3)ccc2c1. The number of Topliss-reactive ketones (excluding diaryl/α,β-unsaturated/α-hetero) is 1. The van der Waals surface area contributed by atoms with Crippen LogP contribution in [-0.2, 0) is 11.0 Å². The van der Waals surface area contributed by atoms with Crippen LogP contribution in [0.15, 0.2) is 91.0 Å². The van der Waals surface area contributed by atoms with Crippen molar-refractivity contribution in [2.75, 3.05) is 7.11 Å². The van der Waals surface area contributed by atoms with Gasteiger partial charge in [-0.15, -0.1) is 0 Å². The first kappa shape index (κ1) is 29.5. The predicted octanol–water partition coefficient (Wildman–Crippen LogP) is 6.99. The highest BCUT2D eigenvalue weighted by Gasteiger charge is 2.30. The molecule has 0 aliphatic carbocycles. The smallest absolute Gasteiger partial charge is 0.416 e. The van der Waals surface area contributed by atoms with Crippen molar-refractivity contribution in [1.29, 1.82) is 0 Å². The summed E-state index contributed by atoms with van der Waals surface area (Å²) in [6, 6.07) is 23.6. The summed E-state index contributed by atoms with van der Waals surface area (Å²) in [4.78, 5) is 23.5. The van der Waals surface area contributed by atoms with Gasteiger partial charge in [-0.25, -0.2) is 0 Å². The number of nitrogens with two attached hydrogens (primary N) is 1. The quantitative estimate of drug-likeness (QED) is 0.180. The first-order chi connectivity index (χ1) is 20.4. The highest BCUT2D eigenvalue weighted by molar-refractivity contribution is 6.01. The second-order valence-corrected chi connectivity index (χ2v) is 10.2. The zero-order valence-corrected chi connectivity index (χ0v) is 23.3. The average molecular weight is 588 g/mol. The molecule has 7 nitrogen and oxygen atoms in total. The third-order valence-corrected chi connectivity index (χ3v) is 7.36. The number of carbonyl (C=O) groups excluding carboxylic acids is 1. The van der Waals surface area contributed by atoms with Crippen LogP contribution in [0.5, 0.6) is 5.75 Å². The van der Waals surface area contributed by atoms with Crippen LogP contribution in [-0.4, -0.2) is 39.8 Å². The minimum atomic E-state index is -4.45. The minimum absolute atomic E-state index is 0.292. The van der Waals surface area contributed by atoms with Crippen LogP contribution in [0, 0.1) is 0 Å². The van der Waals surface area contributed by atoms with E-state index in [2.05, 4.69) is 0 Å². The van der Waals surface area contributed by atoms with Gasteiger partial charge in [0, 0.05) is 16.7 Å². The summed E-state index contributed by atoms with van der Waals surface area (Å²) in [5, 5.41) is 15.7. The van der Waals surface area contributed by atoms with Crippen molar-refractivity contribution in [2.24, 2.45) is 5.73 Å². The number of hydrogen-bond donors (Lipinski definition) is 2. The Kier molecular flexibility index (Phi) is 8.06. The number of benzene rings is 4. The third-order valence-electron chi connectivity index (χ3n) is 7.36. The summed E-state index contributed by atoms with van der Waals surface area (Å²) in [7, 11) is 1.60. The second kappa shape index (κ2) is 11.7. The minimum Gasteiger partial charge on any atom is -0.497 e. The van der Waals surface area contributed by atoms with Crippen molar-refractivity contribution in [1.82, 2.24) is 9.78 Å². The van der Waals surface area contributed by atoms with Gasteiger partial charge in [0.1, 0.15) is 5.75 Å². The molecule has 1 heterocycles. The molecule has 220 valence electrons. The van der Waals surface area contributed by atoms with Gasteiger partial charge in [0.2, 0.25) is 0 Å². The molecule has 10 heteroatoms. The average Bonchev–Trinajstić information content (AvgIpc) is 3.45. The summed E-state index contributed by atoms with van der Waals surface area (Å²) >= 11 is 0. The lowest BCUT2D eigenvalue weighted by atomic mass is 9.99. The number of ketones is 1. The second-order valence-electron chi connectivity index (χ2n) is 10.2. The Morgan fingerprint density at radius 3 is 2.16 bits per heavy atom. The molecule has 0 amide bonds. The Labute approximate surface area is 245 Å². The lowest BCUT2D eigenvalue weighted by Gasteiger charge is -2.17. The van der Waals surface area contributed by atoms with E-state index in [0.717, 1.165) is 45.5 Å². The molecule has 5 rings (SSSR count). The Hall–Kier alpha value is -4.96. The molecule has 0 saturated heterocycles. The molecular weight excluding hydrogens is 559 g/mol. The van der Waals surface area contributed by atoms with Crippen LogP contribution in [0.25, 0.3) is 33.3 Å². The van der Waals surface area contributed by atoms with Crippen molar-refractivity contribution < 1.29 is 32.6 Å². The van der Waals surface area contributed by atoms with E-state index in [1.807, 2.05) is 49.4 Å². The molecule has 0 aliphatic rings. The molecule has 0 spiro atoms. The lowest BCUT2D eigenvalue weighted by molar-refractivity contribution is -0.138. The van der Waals surface area contributed by atoms with E-state index in [1.54, 1.807) is 36.1 Å². The number of nitrogens with zero attached hydrogens (tertiary/aromatic N) is 2. The number of carboxylic acids is 1. The summed E-state index contributed by atoms with van der Waals surface area (Å²) in [6.07, 6.45) is -4.92. The lowest BCUT2D eigenvalue weighted by Crippen LogP contribution is -2.32. The molecule has 0 aliphatic heterocycles. The van der Waals surface area contributed by atoms with Crippen molar-refractivity contribution in [3.63, 3.8) is 0 Å². The molecule has 5 aromatic rings. The molecule has 3 N–H and O–H groups in total. The van der Waals surface area contributed by atoms with Gasteiger partial charge in [0.25, 0.3) is 0 Å². The molecule has 43 heavy (non-hydrogen) atoms. The summed E-state index contributed by atoms with van der Waals surface area (Å²) in [5.41, 5.74) is 8.72. The van der Waals surface area contributed by atoms with Gasteiger partial charge < -0.3 is 15.6 Å². The van der Waals surface area contributed by atoms with E-state index in [-0.39, 0.29) is 6.04 Å². The number of aliphatic carboxylic acids is 1. The van der Waals surface area contributed by atoms with Crippen LogP contribution in [0.4, 0.5) is 13.2 Å². The zero-order chi connectivity index (χ0) is 30.9. The number of hydrogen-bond acceptors (Lipinski definition) is 5. The van der Waals surface area contributed by atoms with E-state index in [9.17, 15) is 22.8 Å². The van der Waals surface area contributed by atoms with Crippen LogP contribution in [0.1, 0.15) is 40.9 Å². The Balaban J connectivity index is 1.55. The number of alkyl halides is 3. The maximum absolute atomic E-state index is 13.2. The molecule has 0 radical (unpaired) electrons. The molecule has 0 saturated carbocycles. The number of aromatic nitrogens is 2. The summed E-state index contributed by atoms with van der Waals surface area (Å²) < 4.78 is 46.7. The van der Waals surface area contributed by atoms with Crippen LogP contribution < -0.4 is 10.5 Å². The van der Waals surface area contributed by atoms with E-state index in [1.165, 1.54) is 12.1 Å². The van der Waals surface area contributed by atoms with Gasteiger partial charge in [-0.1, -0.05) is 54.6 Å². The topological polar surface area (TPSA) is 107 Å². The predicted molar refractivity (Wildman–Crippen MR) is 157 cm³/mol. The van der Waals surface area contributed by atoms with Crippen molar-refractivity contribution in [3.05, 3.63) is 108 Å². The molecule has 2 atom stereocenters. The zero-order valence-electron chi connectivity index (χ0n) is 23.3. The first-order valence-electron chi connectivity index (χ1n) is 13.4. The Morgan fingerprint density at radius 1 is 0.907 bits per heavy atom. The van der Waals surface area contributed by atoms with Crippen molar-refractivity contribution in [3.8, 4) is 28.3 Å². The fourth-order valence-corrected chi connectivity index (χ4v) is 4.95. The molecule has 2 unspecified atom stereocenters. The maximum atomic E-state index is 13.2. The Bertz CT molecular complexity index is 1800. The van der Waals surface area contributed by atoms with Crippen molar-refractivity contribution >= 4 is 22.5 Å². The molecule has 0 bridgehead atoms. The number of carbonyl (C=O) groups is 2. The summed E-state index contributed by atoms with van der Waals surface area (Å²) in [6.45, 7) is 1.92. The number of ether oxygens (including phenoxy) is 1. The van der Waals surface area contributed by atoms with E-state index >= 15 is 0 Å². The van der Waals surface area contributed by atoms with E-state index < -0.39 is 36.0 Å². The molecule has 0 fully saturated rings. The summed E-state index contributed by atoms with van der Waals surface area (Å²) in [5.74, 6) is -0.901. The van der Waals surface area contributed by atoms with Gasteiger partial charge in [0.15, 0.2) is 5.78 Å². The largest absolute Gasteiger partial charge is 0.497 e. The van der Waals surface area contributed by atoms with Gasteiger partial charge in [-0.05, 0) is 59.7 Å². The van der Waals surface area contributed by atoms with E-state index in [4.69, 9.17) is 20.7 Å². The standard InChI is InChI=1S/C33H28F3N3O4/c1-19(20-3-5-22(6-4-20)32(42)28(37)17-31(40)41)39-30(25-8-7-24-16-27(43-2)14-11-23(24)15-25)18-29(38-39)21-9-12-26(13-10-21)33(34,35)36/h3-16,18-19,28H,17,37H2,1-2H3,(H,40,41).